The maximum Gasteiger partial charge on any atom is 0.321 e. The van der Waals surface area contributed by atoms with E-state index in [-0.39, 0.29) is 22.7 Å². The van der Waals surface area contributed by atoms with Crippen LogP contribution in [0, 0.1) is 10.1 Å². The predicted molar refractivity (Wildman–Crippen MR) is 135 cm³/mol. The van der Waals surface area contributed by atoms with E-state index in [1.54, 1.807) is 17.0 Å². The number of urea groups is 1. The molecule has 182 valence electrons. The zero-order valence-corrected chi connectivity index (χ0v) is 19.3. The summed E-state index contributed by atoms with van der Waals surface area (Å²) < 4.78 is 0. The number of piperazine rings is 1. The van der Waals surface area contributed by atoms with Crippen molar-refractivity contribution < 1.29 is 9.72 Å². The van der Waals surface area contributed by atoms with Crippen LogP contribution in [0.25, 0.3) is 10.9 Å². The Kier molecular flexibility index (Phi) is 6.57. The van der Waals surface area contributed by atoms with Gasteiger partial charge < -0.3 is 25.8 Å². The molecule has 2 amide bonds. The highest BCUT2D eigenvalue weighted by atomic mass is 16.6. The van der Waals surface area contributed by atoms with Gasteiger partial charge in [-0.15, -0.1) is 0 Å². The Morgan fingerprint density at radius 3 is 2.51 bits per heavy atom. The van der Waals surface area contributed by atoms with Gasteiger partial charge in [0.15, 0.2) is 0 Å². The summed E-state index contributed by atoms with van der Waals surface area (Å²) in [7, 11) is 0. The second-order valence-electron chi connectivity index (χ2n) is 8.78. The molecule has 0 unspecified atom stereocenters. The summed E-state index contributed by atoms with van der Waals surface area (Å²) in [5.74, 6) is 0.581. The standard InChI is InChI=1S/C24H28N8O3/c33-24(29-17-4-2-1-3-5-17)31-10-6-18(7-11-31)28-23-19-14-22(32(34)35)21(15-20(19)26-16-27-23)30-12-8-25-9-13-30/h1-5,14-16,18,25H,6-13H2,(H,29,33)(H,26,27,28). The summed E-state index contributed by atoms with van der Waals surface area (Å²) in [6.45, 7) is 4.19. The summed E-state index contributed by atoms with van der Waals surface area (Å²) in [6.07, 6.45) is 2.98. The van der Waals surface area contributed by atoms with Gasteiger partial charge in [0, 0.05) is 62.5 Å². The molecule has 11 heteroatoms. The van der Waals surface area contributed by atoms with E-state index in [1.807, 2.05) is 35.2 Å². The highest BCUT2D eigenvalue weighted by Gasteiger charge is 2.26. The van der Waals surface area contributed by atoms with E-state index >= 15 is 0 Å². The van der Waals surface area contributed by atoms with E-state index in [0.29, 0.717) is 48.6 Å². The predicted octanol–water partition coefficient (Wildman–Crippen LogP) is 3.06. The number of carbonyl (C=O) groups is 1. The van der Waals surface area contributed by atoms with E-state index in [0.717, 1.165) is 31.6 Å². The normalized spacial score (nSPS) is 16.8. The van der Waals surface area contributed by atoms with Gasteiger partial charge >= 0.3 is 6.03 Å². The highest BCUT2D eigenvalue weighted by molar-refractivity contribution is 5.95. The number of para-hydroxylation sites is 1. The van der Waals surface area contributed by atoms with Crippen molar-refractivity contribution in [2.45, 2.75) is 18.9 Å². The largest absolute Gasteiger partial charge is 0.367 e. The lowest BCUT2D eigenvalue weighted by Crippen LogP contribution is -2.44. The minimum atomic E-state index is -0.336. The number of hydrogen-bond donors (Lipinski definition) is 3. The van der Waals surface area contributed by atoms with Crippen LogP contribution in [0.2, 0.25) is 0 Å². The molecule has 3 aromatic rings. The third-order valence-corrected chi connectivity index (χ3v) is 6.53. The summed E-state index contributed by atoms with van der Waals surface area (Å²) in [4.78, 5) is 36.7. The average molecular weight is 477 g/mol. The van der Waals surface area contributed by atoms with Gasteiger partial charge in [0.05, 0.1) is 10.4 Å². The van der Waals surface area contributed by atoms with Crippen LogP contribution in [0.3, 0.4) is 0 Å². The SMILES string of the molecule is O=C(Nc1ccccc1)N1CCC(Nc2ncnc3cc(N4CCNCC4)c([N+](=O)[O-])cc23)CC1. The molecule has 2 aliphatic rings. The van der Waals surface area contributed by atoms with Gasteiger partial charge in [-0.1, -0.05) is 18.2 Å². The van der Waals surface area contributed by atoms with E-state index in [4.69, 9.17) is 0 Å². The Labute approximate surface area is 202 Å². The minimum Gasteiger partial charge on any atom is -0.367 e. The van der Waals surface area contributed by atoms with E-state index < -0.39 is 0 Å². The van der Waals surface area contributed by atoms with Crippen molar-refractivity contribution in [3.63, 3.8) is 0 Å². The molecule has 0 bridgehead atoms. The number of nitrogens with zero attached hydrogens (tertiary/aromatic N) is 5. The van der Waals surface area contributed by atoms with Crippen LogP contribution in [0.4, 0.5) is 27.7 Å². The molecule has 3 heterocycles. The van der Waals surface area contributed by atoms with Crippen LogP contribution in [0.1, 0.15) is 12.8 Å². The van der Waals surface area contributed by atoms with Gasteiger partial charge in [-0.3, -0.25) is 10.1 Å². The van der Waals surface area contributed by atoms with Gasteiger partial charge in [0.2, 0.25) is 0 Å². The molecule has 3 N–H and O–H groups in total. The van der Waals surface area contributed by atoms with Crippen molar-refractivity contribution in [3.05, 3.63) is 58.9 Å². The number of nitrogens with one attached hydrogen (secondary N) is 3. The Bertz CT molecular complexity index is 1210. The van der Waals surface area contributed by atoms with Gasteiger partial charge in [-0.25, -0.2) is 14.8 Å². The molecule has 5 rings (SSSR count). The first-order valence-corrected chi connectivity index (χ1v) is 11.8. The van der Waals surface area contributed by atoms with Gasteiger partial charge in [-0.05, 0) is 31.0 Å². The molecule has 0 saturated carbocycles. The minimum absolute atomic E-state index is 0.0599. The van der Waals surface area contributed by atoms with Crippen LogP contribution in [0.15, 0.2) is 48.8 Å². The fraction of sp³-hybridized carbons (Fsp3) is 0.375. The first kappa shape index (κ1) is 22.8. The topological polar surface area (TPSA) is 129 Å². The van der Waals surface area contributed by atoms with Crippen LogP contribution < -0.4 is 20.9 Å². The maximum absolute atomic E-state index is 12.6. The molecular weight excluding hydrogens is 448 g/mol. The molecule has 0 aliphatic carbocycles. The van der Waals surface area contributed by atoms with Crippen LogP contribution in [-0.4, -0.2) is 71.1 Å². The number of amides is 2. The molecule has 0 spiro atoms. The third kappa shape index (κ3) is 5.09. The fourth-order valence-electron chi connectivity index (χ4n) is 4.65. The number of piperidine rings is 1. The summed E-state index contributed by atoms with van der Waals surface area (Å²) >= 11 is 0. The summed E-state index contributed by atoms with van der Waals surface area (Å²) in [6, 6.07) is 12.8. The Balaban J connectivity index is 1.29. The monoisotopic (exact) mass is 476 g/mol. The van der Waals surface area contributed by atoms with Crippen LogP contribution in [-0.2, 0) is 0 Å². The Morgan fingerprint density at radius 1 is 1.06 bits per heavy atom. The molecule has 2 saturated heterocycles. The van der Waals surface area contributed by atoms with E-state index in [1.165, 1.54) is 6.33 Å². The zero-order chi connectivity index (χ0) is 24.2. The highest BCUT2D eigenvalue weighted by Crippen LogP contribution is 2.35. The quantitative estimate of drug-likeness (QED) is 0.379. The van der Waals surface area contributed by atoms with E-state index in [2.05, 4.69) is 25.9 Å². The lowest BCUT2D eigenvalue weighted by Gasteiger charge is -2.33. The maximum atomic E-state index is 12.6. The first-order chi connectivity index (χ1) is 17.1. The molecular formula is C24H28N8O3. The van der Waals surface area contributed by atoms with Crippen LogP contribution in [0.5, 0.6) is 0 Å². The van der Waals surface area contributed by atoms with Crippen molar-refractivity contribution in [1.29, 1.82) is 0 Å². The summed E-state index contributed by atoms with van der Waals surface area (Å²) in [5, 5.41) is 22.2. The third-order valence-electron chi connectivity index (χ3n) is 6.53. The first-order valence-electron chi connectivity index (χ1n) is 11.8. The van der Waals surface area contributed by atoms with Crippen molar-refractivity contribution in [1.82, 2.24) is 20.2 Å². The lowest BCUT2D eigenvalue weighted by atomic mass is 10.0. The van der Waals surface area contributed by atoms with Crippen molar-refractivity contribution in [3.8, 4) is 0 Å². The zero-order valence-electron chi connectivity index (χ0n) is 19.3. The molecule has 2 aromatic carbocycles. The van der Waals surface area contributed by atoms with Gasteiger partial charge in [-0.2, -0.15) is 0 Å². The lowest BCUT2D eigenvalue weighted by molar-refractivity contribution is -0.384. The molecule has 2 aliphatic heterocycles. The molecule has 11 nitrogen and oxygen atoms in total. The van der Waals surface area contributed by atoms with Crippen molar-refractivity contribution in [2.75, 3.05) is 54.8 Å². The van der Waals surface area contributed by atoms with Gasteiger partial charge in [0.1, 0.15) is 17.8 Å². The number of likely N-dealkylation sites (tertiary alicyclic amines) is 1. The molecule has 0 radical (unpaired) electrons. The number of hydrogen-bond acceptors (Lipinski definition) is 8. The number of aromatic nitrogens is 2. The second kappa shape index (κ2) is 10.1. The summed E-state index contributed by atoms with van der Waals surface area (Å²) in [5.41, 5.74) is 2.09. The van der Waals surface area contributed by atoms with Crippen LogP contribution >= 0.6 is 0 Å². The number of benzene rings is 2. The number of carbonyl (C=O) groups excluding carboxylic acids is 1. The Morgan fingerprint density at radius 2 is 1.80 bits per heavy atom. The molecule has 35 heavy (non-hydrogen) atoms. The number of anilines is 3. The average Bonchev–Trinajstić information content (AvgIpc) is 2.89. The smallest absolute Gasteiger partial charge is 0.321 e. The molecule has 0 atom stereocenters. The number of rotatable bonds is 5. The van der Waals surface area contributed by atoms with Crippen molar-refractivity contribution >= 4 is 39.8 Å². The van der Waals surface area contributed by atoms with E-state index in [9.17, 15) is 14.9 Å². The Hall–Kier alpha value is -3.99. The van der Waals surface area contributed by atoms with Crippen molar-refractivity contribution in [2.24, 2.45) is 0 Å². The fourth-order valence-corrected chi connectivity index (χ4v) is 4.65. The molecule has 2 fully saturated rings. The number of nitro benzene ring substituents is 1. The van der Waals surface area contributed by atoms with Gasteiger partial charge in [0.25, 0.3) is 5.69 Å². The second-order valence-corrected chi connectivity index (χ2v) is 8.78. The number of nitro groups is 1. The molecule has 1 aromatic heterocycles. The number of fused-ring (bicyclic) bond motifs is 1.